The van der Waals surface area contributed by atoms with Crippen LogP contribution in [0, 0.1) is 0 Å². The zero-order valence-corrected chi connectivity index (χ0v) is 15.7. The van der Waals surface area contributed by atoms with Gasteiger partial charge < -0.3 is 5.32 Å². The maximum absolute atomic E-state index is 3.67. The van der Waals surface area contributed by atoms with Crippen LogP contribution in [0.25, 0.3) is 0 Å². The minimum Gasteiger partial charge on any atom is -0.310 e. The first-order chi connectivity index (χ1) is 12.3. The molecule has 0 saturated heterocycles. The summed E-state index contributed by atoms with van der Waals surface area (Å²) in [6.07, 6.45) is 2.41. The number of nitrogens with one attached hydrogen (secondary N) is 1. The first kappa shape index (κ1) is 17.9. The summed E-state index contributed by atoms with van der Waals surface area (Å²) < 4.78 is 0. The molecular formula is C23H26NP. The third-order valence-corrected chi connectivity index (χ3v) is 7.05. The minimum atomic E-state index is -0.276. The average Bonchev–Trinajstić information content (AvgIpc) is 2.70. The minimum absolute atomic E-state index is 0.276. The Hall–Kier alpha value is -1.95. The molecule has 0 heterocycles. The van der Waals surface area contributed by atoms with Crippen molar-refractivity contribution in [2.45, 2.75) is 19.4 Å². The lowest BCUT2D eigenvalue weighted by atomic mass is 10.1. The van der Waals surface area contributed by atoms with Gasteiger partial charge in [-0.15, -0.1) is 0 Å². The molecule has 0 spiro atoms. The van der Waals surface area contributed by atoms with Gasteiger partial charge in [0.15, 0.2) is 0 Å². The first-order valence-corrected chi connectivity index (χ1v) is 10.5. The van der Waals surface area contributed by atoms with E-state index in [1.165, 1.54) is 28.8 Å². The van der Waals surface area contributed by atoms with E-state index < -0.39 is 0 Å². The van der Waals surface area contributed by atoms with Gasteiger partial charge in [0.1, 0.15) is 0 Å². The second kappa shape index (κ2) is 9.51. The molecule has 0 aromatic heterocycles. The molecular weight excluding hydrogens is 321 g/mol. The molecule has 0 amide bonds. The van der Waals surface area contributed by atoms with Crippen LogP contribution in [-0.4, -0.2) is 12.7 Å². The van der Waals surface area contributed by atoms with Crippen molar-refractivity contribution >= 4 is 18.5 Å². The Labute approximate surface area is 152 Å². The fraction of sp³-hybridized carbons (Fsp3) is 0.217. The Balaban J connectivity index is 1.58. The second-order valence-corrected chi connectivity index (χ2v) is 8.60. The van der Waals surface area contributed by atoms with E-state index in [0.717, 1.165) is 6.54 Å². The lowest BCUT2D eigenvalue weighted by Crippen LogP contribution is -2.22. The predicted molar refractivity (Wildman–Crippen MR) is 111 cm³/mol. The van der Waals surface area contributed by atoms with Gasteiger partial charge in [0.25, 0.3) is 0 Å². The topological polar surface area (TPSA) is 12.0 Å². The molecule has 2 heteroatoms. The van der Waals surface area contributed by atoms with Crippen molar-refractivity contribution in [1.29, 1.82) is 0 Å². The van der Waals surface area contributed by atoms with Crippen LogP contribution in [0.2, 0.25) is 0 Å². The van der Waals surface area contributed by atoms with E-state index >= 15 is 0 Å². The highest BCUT2D eigenvalue weighted by Crippen LogP contribution is 2.33. The van der Waals surface area contributed by atoms with E-state index in [1.807, 2.05) is 0 Å². The molecule has 25 heavy (non-hydrogen) atoms. The molecule has 128 valence electrons. The fourth-order valence-electron chi connectivity index (χ4n) is 3.04. The predicted octanol–water partition coefficient (Wildman–Crippen LogP) is 4.86. The van der Waals surface area contributed by atoms with Gasteiger partial charge >= 0.3 is 0 Å². The second-order valence-electron chi connectivity index (χ2n) is 6.26. The highest BCUT2D eigenvalue weighted by Gasteiger charge is 2.13. The van der Waals surface area contributed by atoms with Crippen molar-refractivity contribution < 1.29 is 0 Å². The molecule has 3 aromatic carbocycles. The van der Waals surface area contributed by atoms with E-state index in [1.54, 1.807) is 0 Å². The molecule has 0 bridgehead atoms. The van der Waals surface area contributed by atoms with E-state index in [2.05, 4.69) is 103 Å². The summed E-state index contributed by atoms with van der Waals surface area (Å²) in [5, 5.41) is 6.61. The SMILES string of the molecule is C[C@@H](NCCCP(c1ccccc1)c1ccccc1)c1ccccc1. The Morgan fingerprint density at radius 1 is 0.720 bits per heavy atom. The summed E-state index contributed by atoms with van der Waals surface area (Å²) in [4.78, 5) is 0. The van der Waals surface area contributed by atoms with Gasteiger partial charge in [-0.05, 0) is 50.1 Å². The highest BCUT2D eigenvalue weighted by molar-refractivity contribution is 7.73. The smallest absolute Gasteiger partial charge is 0.0291 e. The highest BCUT2D eigenvalue weighted by atomic mass is 31.1. The number of benzene rings is 3. The Bertz CT molecular complexity index is 688. The van der Waals surface area contributed by atoms with Crippen LogP contribution in [0.15, 0.2) is 91.0 Å². The van der Waals surface area contributed by atoms with Gasteiger partial charge in [-0.2, -0.15) is 0 Å². The first-order valence-electron chi connectivity index (χ1n) is 9.00. The zero-order chi connectivity index (χ0) is 17.3. The molecule has 0 saturated carbocycles. The van der Waals surface area contributed by atoms with E-state index in [0.29, 0.717) is 6.04 Å². The normalized spacial score (nSPS) is 12.2. The molecule has 0 unspecified atom stereocenters. The summed E-state index contributed by atoms with van der Waals surface area (Å²) in [6.45, 7) is 3.29. The van der Waals surface area contributed by atoms with Crippen LogP contribution >= 0.6 is 7.92 Å². The zero-order valence-electron chi connectivity index (χ0n) is 14.8. The Morgan fingerprint density at radius 2 is 1.20 bits per heavy atom. The van der Waals surface area contributed by atoms with Crippen molar-refractivity contribution in [2.24, 2.45) is 0 Å². The molecule has 1 N–H and O–H groups in total. The van der Waals surface area contributed by atoms with Gasteiger partial charge in [-0.25, -0.2) is 0 Å². The number of hydrogen-bond acceptors (Lipinski definition) is 1. The number of hydrogen-bond donors (Lipinski definition) is 1. The molecule has 0 radical (unpaired) electrons. The average molecular weight is 347 g/mol. The van der Waals surface area contributed by atoms with Gasteiger partial charge in [0, 0.05) is 6.04 Å². The van der Waals surface area contributed by atoms with Gasteiger partial charge in [0.05, 0.1) is 0 Å². The number of rotatable bonds is 8. The fourth-order valence-corrected chi connectivity index (χ4v) is 5.39. The largest absolute Gasteiger partial charge is 0.310 e. The maximum Gasteiger partial charge on any atom is 0.0291 e. The van der Waals surface area contributed by atoms with Crippen molar-refractivity contribution in [1.82, 2.24) is 5.32 Å². The Morgan fingerprint density at radius 3 is 1.72 bits per heavy atom. The third kappa shape index (κ3) is 5.26. The van der Waals surface area contributed by atoms with Crippen molar-refractivity contribution in [2.75, 3.05) is 12.7 Å². The molecule has 0 aliphatic rings. The van der Waals surface area contributed by atoms with Gasteiger partial charge in [-0.1, -0.05) is 91.0 Å². The van der Waals surface area contributed by atoms with Crippen molar-refractivity contribution in [3.63, 3.8) is 0 Å². The summed E-state index contributed by atoms with van der Waals surface area (Å²) >= 11 is 0. The molecule has 3 aromatic rings. The standard InChI is InChI=1S/C23H26NP/c1-20(21-12-5-2-6-13-21)24-18-11-19-25(22-14-7-3-8-15-22)23-16-9-4-10-17-23/h2-10,12-17,20,24H,11,18-19H2,1H3/t20-/m1/s1. The van der Waals surface area contributed by atoms with Crippen LogP contribution in [0.1, 0.15) is 24.9 Å². The summed E-state index contributed by atoms with van der Waals surface area (Å²) in [7, 11) is -0.276. The van der Waals surface area contributed by atoms with E-state index in [-0.39, 0.29) is 7.92 Å². The molecule has 0 aliphatic heterocycles. The van der Waals surface area contributed by atoms with Crippen molar-refractivity contribution in [3.05, 3.63) is 96.6 Å². The summed E-state index contributed by atoms with van der Waals surface area (Å²) in [5.74, 6) is 0. The molecule has 0 fully saturated rings. The van der Waals surface area contributed by atoms with Crippen LogP contribution in [-0.2, 0) is 0 Å². The maximum atomic E-state index is 3.67. The lowest BCUT2D eigenvalue weighted by molar-refractivity contribution is 0.572. The van der Waals surface area contributed by atoms with Crippen LogP contribution in [0.5, 0.6) is 0 Å². The van der Waals surface area contributed by atoms with E-state index in [9.17, 15) is 0 Å². The monoisotopic (exact) mass is 347 g/mol. The van der Waals surface area contributed by atoms with Crippen LogP contribution < -0.4 is 15.9 Å². The van der Waals surface area contributed by atoms with Gasteiger partial charge in [0.2, 0.25) is 0 Å². The van der Waals surface area contributed by atoms with Crippen molar-refractivity contribution in [3.8, 4) is 0 Å². The van der Waals surface area contributed by atoms with Crippen LogP contribution in [0.4, 0.5) is 0 Å². The lowest BCUT2D eigenvalue weighted by Gasteiger charge is -2.20. The summed E-state index contributed by atoms with van der Waals surface area (Å²) in [5.41, 5.74) is 1.36. The molecule has 0 aliphatic carbocycles. The van der Waals surface area contributed by atoms with E-state index in [4.69, 9.17) is 0 Å². The molecule has 1 nitrogen and oxygen atoms in total. The molecule has 3 rings (SSSR count). The van der Waals surface area contributed by atoms with Gasteiger partial charge in [-0.3, -0.25) is 0 Å². The van der Waals surface area contributed by atoms with Crippen LogP contribution in [0.3, 0.4) is 0 Å². The quantitative estimate of drug-likeness (QED) is 0.453. The molecule has 1 atom stereocenters. The Kier molecular flexibility index (Phi) is 6.79. The third-order valence-electron chi connectivity index (χ3n) is 4.44. The summed E-state index contributed by atoms with van der Waals surface area (Å²) in [6, 6.07) is 33.0.